The average molecular weight is 260 g/mol. The van der Waals surface area contributed by atoms with Gasteiger partial charge in [0.15, 0.2) is 0 Å². The molecule has 4 heteroatoms. The Labute approximate surface area is 113 Å². The van der Waals surface area contributed by atoms with Crippen LogP contribution in [0.15, 0.2) is 18.2 Å². The Morgan fingerprint density at radius 3 is 2.79 bits per heavy atom. The minimum atomic E-state index is -0.318. The van der Waals surface area contributed by atoms with Gasteiger partial charge in [0.2, 0.25) is 0 Å². The molecule has 100 valence electrons. The fraction of sp³-hybridized carbons (Fsp3) is 0.400. The van der Waals surface area contributed by atoms with Gasteiger partial charge in [-0.05, 0) is 26.1 Å². The molecule has 0 aliphatic carbocycles. The van der Waals surface area contributed by atoms with E-state index >= 15 is 0 Å². The van der Waals surface area contributed by atoms with E-state index in [1.807, 2.05) is 18.9 Å². The number of nitrogens with zero attached hydrogens (tertiary/aromatic N) is 2. The highest BCUT2D eigenvalue weighted by Crippen LogP contribution is 2.12. The molecule has 19 heavy (non-hydrogen) atoms. The summed E-state index contributed by atoms with van der Waals surface area (Å²) in [5.41, 5.74) is 1.12. The van der Waals surface area contributed by atoms with Crippen molar-refractivity contribution in [2.75, 3.05) is 20.2 Å². The second-order valence-electron chi connectivity index (χ2n) is 4.49. The van der Waals surface area contributed by atoms with Crippen molar-refractivity contribution in [2.24, 2.45) is 5.92 Å². The maximum absolute atomic E-state index is 13.8. The molecule has 0 saturated heterocycles. The van der Waals surface area contributed by atoms with E-state index in [1.165, 1.54) is 6.07 Å². The summed E-state index contributed by atoms with van der Waals surface area (Å²) < 4.78 is 13.8. The highest BCUT2D eigenvalue weighted by Gasteiger charge is 2.09. The third kappa shape index (κ3) is 5.09. The summed E-state index contributed by atoms with van der Waals surface area (Å²) in [4.78, 5) is 1.91. The first-order chi connectivity index (χ1) is 9.06. The number of rotatable bonds is 4. The second kappa shape index (κ2) is 7.53. The fourth-order valence-electron chi connectivity index (χ4n) is 1.76. The van der Waals surface area contributed by atoms with E-state index in [1.54, 1.807) is 12.1 Å². The van der Waals surface area contributed by atoms with E-state index in [2.05, 4.69) is 17.9 Å². The number of aliphatic hydroxyl groups is 1. The van der Waals surface area contributed by atoms with Crippen molar-refractivity contribution in [3.05, 3.63) is 35.1 Å². The minimum Gasteiger partial charge on any atom is -0.384 e. The molecule has 0 amide bonds. The van der Waals surface area contributed by atoms with Crippen molar-refractivity contribution in [3.63, 3.8) is 0 Å². The molecule has 0 aliphatic rings. The monoisotopic (exact) mass is 260 g/mol. The first kappa shape index (κ1) is 15.2. The summed E-state index contributed by atoms with van der Waals surface area (Å²) in [7, 11) is 1.85. The van der Waals surface area contributed by atoms with Gasteiger partial charge in [-0.3, -0.25) is 0 Å². The highest BCUT2D eigenvalue weighted by atomic mass is 19.1. The minimum absolute atomic E-state index is 0.0808. The number of benzene rings is 1. The smallest absolute Gasteiger partial charge is 0.128 e. The highest BCUT2D eigenvalue weighted by molar-refractivity contribution is 5.37. The molecule has 1 rings (SSSR count). The van der Waals surface area contributed by atoms with Gasteiger partial charge in [0.25, 0.3) is 0 Å². The van der Waals surface area contributed by atoms with E-state index in [4.69, 9.17) is 10.4 Å². The van der Waals surface area contributed by atoms with Crippen LogP contribution < -0.4 is 0 Å². The molecular weight excluding hydrogens is 243 g/mol. The van der Waals surface area contributed by atoms with E-state index in [0.717, 1.165) is 0 Å². The van der Waals surface area contributed by atoms with E-state index in [9.17, 15) is 4.39 Å². The zero-order chi connectivity index (χ0) is 14.3. The van der Waals surface area contributed by atoms with Crippen LogP contribution in [0.3, 0.4) is 0 Å². The molecule has 3 nitrogen and oxygen atoms in total. The standard InChI is InChI=1S/C15H17FN2O/c1-12(9-17)10-18(2)11-14-6-5-13(4-3-7-19)8-15(14)16/h5-6,8,12,19H,7,10-11H2,1-2H3. The van der Waals surface area contributed by atoms with Crippen LogP contribution in [0.4, 0.5) is 4.39 Å². The number of nitriles is 1. The molecule has 1 atom stereocenters. The predicted molar refractivity (Wildman–Crippen MR) is 71.5 cm³/mol. The second-order valence-corrected chi connectivity index (χ2v) is 4.49. The predicted octanol–water partition coefficient (Wildman–Crippen LogP) is 1.76. The quantitative estimate of drug-likeness (QED) is 0.839. The molecule has 0 bridgehead atoms. The van der Waals surface area contributed by atoms with Gasteiger partial charge in [0.1, 0.15) is 12.4 Å². The van der Waals surface area contributed by atoms with Gasteiger partial charge in [-0.25, -0.2) is 4.39 Å². The molecule has 1 unspecified atom stereocenters. The Morgan fingerprint density at radius 2 is 2.21 bits per heavy atom. The summed E-state index contributed by atoms with van der Waals surface area (Å²) in [6.07, 6.45) is 0. The third-order valence-corrected chi connectivity index (χ3v) is 2.61. The molecule has 0 radical (unpaired) electrons. The maximum atomic E-state index is 13.8. The molecule has 1 N–H and O–H groups in total. The van der Waals surface area contributed by atoms with Gasteiger partial charge in [-0.1, -0.05) is 17.9 Å². The van der Waals surface area contributed by atoms with Gasteiger partial charge < -0.3 is 10.0 Å². The van der Waals surface area contributed by atoms with Crippen LogP contribution in [0.2, 0.25) is 0 Å². The van der Waals surface area contributed by atoms with E-state index in [-0.39, 0.29) is 18.3 Å². The Balaban J connectivity index is 2.72. The fourth-order valence-corrected chi connectivity index (χ4v) is 1.76. The lowest BCUT2D eigenvalue weighted by Crippen LogP contribution is -2.23. The summed E-state index contributed by atoms with van der Waals surface area (Å²) >= 11 is 0. The largest absolute Gasteiger partial charge is 0.384 e. The SMILES string of the molecule is CC(C#N)CN(C)Cc1ccc(C#CCO)cc1F. The lowest BCUT2D eigenvalue weighted by Gasteiger charge is -2.18. The van der Waals surface area contributed by atoms with Crippen LogP contribution in [0.5, 0.6) is 0 Å². The molecule has 1 aromatic carbocycles. The molecule has 1 aromatic rings. The van der Waals surface area contributed by atoms with Gasteiger partial charge >= 0.3 is 0 Å². The zero-order valence-corrected chi connectivity index (χ0v) is 11.2. The Bertz CT molecular complexity index is 525. The van der Waals surface area contributed by atoms with Gasteiger partial charge in [0, 0.05) is 24.2 Å². The molecule has 0 aliphatic heterocycles. The topological polar surface area (TPSA) is 47.3 Å². The van der Waals surface area contributed by atoms with Gasteiger partial charge in [-0.15, -0.1) is 0 Å². The third-order valence-electron chi connectivity index (χ3n) is 2.61. The Hall–Kier alpha value is -1.88. The number of hydrogen-bond donors (Lipinski definition) is 1. The summed E-state index contributed by atoms with van der Waals surface area (Å²) in [5, 5.41) is 17.3. The van der Waals surface area contributed by atoms with Gasteiger partial charge in [0.05, 0.1) is 12.0 Å². The zero-order valence-electron chi connectivity index (χ0n) is 11.2. The number of aliphatic hydroxyl groups excluding tert-OH is 1. The Morgan fingerprint density at radius 1 is 1.47 bits per heavy atom. The van der Waals surface area contributed by atoms with Crippen molar-refractivity contribution >= 4 is 0 Å². The lowest BCUT2D eigenvalue weighted by atomic mass is 10.1. The van der Waals surface area contributed by atoms with Crippen LogP contribution >= 0.6 is 0 Å². The first-order valence-electron chi connectivity index (χ1n) is 6.03. The molecule has 0 aromatic heterocycles. The van der Waals surface area contributed by atoms with E-state index < -0.39 is 0 Å². The summed E-state index contributed by atoms with van der Waals surface area (Å²) in [6, 6.07) is 6.92. The van der Waals surface area contributed by atoms with Crippen LogP contribution in [-0.4, -0.2) is 30.2 Å². The molecule has 0 fully saturated rings. The summed E-state index contributed by atoms with van der Waals surface area (Å²) in [6.45, 7) is 2.65. The average Bonchev–Trinajstić information content (AvgIpc) is 2.39. The van der Waals surface area contributed by atoms with Crippen LogP contribution in [-0.2, 0) is 6.54 Å². The van der Waals surface area contributed by atoms with E-state index in [0.29, 0.717) is 24.2 Å². The van der Waals surface area contributed by atoms with Crippen LogP contribution in [0.1, 0.15) is 18.1 Å². The van der Waals surface area contributed by atoms with Crippen molar-refractivity contribution in [3.8, 4) is 17.9 Å². The van der Waals surface area contributed by atoms with Gasteiger partial charge in [-0.2, -0.15) is 5.26 Å². The molecule has 0 saturated carbocycles. The molecular formula is C15H17FN2O. The number of halogens is 1. The first-order valence-corrected chi connectivity index (χ1v) is 6.03. The Kier molecular flexibility index (Phi) is 6.02. The van der Waals surface area contributed by atoms with Crippen LogP contribution in [0.25, 0.3) is 0 Å². The normalized spacial score (nSPS) is 11.6. The lowest BCUT2D eigenvalue weighted by molar-refractivity contribution is 0.298. The molecule has 0 spiro atoms. The maximum Gasteiger partial charge on any atom is 0.128 e. The van der Waals surface area contributed by atoms with Crippen molar-refractivity contribution < 1.29 is 9.50 Å². The number of hydrogen-bond acceptors (Lipinski definition) is 3. The van der Waals surface area contributed by atoms with Crippen LogP contribution in [0, 0.1) is 34.9 Å². The molecule has 0 heterocycles. The van der Waals surface area contributed by atoms with Crippen molar-refractivity contribution in [1.82, 2.24) is 4.90 Å². The van der Waals surface area contributed by atoms with Crippen molar-refractivity contribution in [2.45, 2.75) is 13.5 Å². The summed E-state index contributed by atoms with van der Waals surface area (Å²) in [5.74, 6) is 4.74. The van der Waals surface area contributed by atoms with Crippen molar-refractivity contribution in [1.29, 1.82) is 5.26 Å².